The molecular weight excluding hydrogens is 279 g/mol. The second-order valence-corrected chi connectivity index (χ2v) is 4.30. The number of carboxylic acids is 1. The number of aliphatic hydroxyl groups is 1. The molecule has 1 aromatic rings. The fourth-order valence-corrected chi connectivity index (χ4v) is 1.04. The number of alkyl halides is 3. The number of primary amides is 1. The first-order valence-electron chi connectivity index (χ1n) is 5.28. The van der Waals surface area contributed by atoms with Crippen molar-refractivity contribution in [1.82, 2.24) is 0 Å². The molecular formula is C12H14F3NO4. The molecule has 0 saturated carbocycles. The van der Waals surface area contributed by atoms with Crippen molar-refractivity contribution >= 4 is 11.9 Å². The lowest BCUT2D eigenvalue weighted by Crippen LogP contribution is -2.21. The highest BCUT2D eigenvalue weighted by Gasteiger charge is 2.38. The molecule has 0 aliphatic heterocycles. The zero-order valence-electron chi connectivity index (χ0n) is 10.7. The average molecular weight is 293 g/mol. The summed E-state index contributed by atoms with van der Waals surface area (Å²) in [7, 11) is 0. The van der Waals surface area contributed by atoms with Gasteiger partial charge in [-0.3, -0.25) is 4.79 Å². The lowest BCUT2D eigenvalue weighted by atomic mass is 9.97. The van der Waals surface area contributed by atoms with Gasteiger partial charge in [0.15, 0.2) is 0 Å². The maximum Gasteiger partial charge on any atom is 0.490 e. The number of carbonyl (C=O) groups is 2. The van der Waals surface area contributed by atoms with Crippen molar-refractivity contribution in [3.63, 3.8) is 0 Å². The Balaban J connectivity index is 0.000000441. The number of amides is 1. The predicted octanol–water partition coefficient (Wildman–Crippen LogP) is 1.65. The topological polar surface area (TPSA) is 101 Å². The molecule has 4 N–H and O–H groups in total. The average Bonchev–Trinajstić information content (AvgIpc) is 2.27. The molecule has 0 fully saturated rings. The molecule has 0 radical (unpaired) electrons. The van der Waals surface area contributed by atoms with Gasteiger partial charge >= 0.3 is 12.1 Å². The monoisotopic (exact) mass is 293 g/mol. The summed E-state index contributed by atoms with van der Waals surface area (Å²) >= 11 is 0. The van der Waals surface area contributed by atoms with Crippen molar-refractivity contribution in [2.24, 2.45) is 5.73 Å². The van der Waals surface area contributed by atoms with Gasteiger partial charge in [-0.05, 0) is 31.5 Å². The first-order valence-corrected chi connectivity index (χ1v) is 5.28. The summed E-state index contributed by atoms with van der Waals surface area (Å²) in [6.45, 7) is 3.37. The van der Waals surface area contributed by atoms with Gasteiger partial charge in [-0.25, -0.2) is 4.79 Å². The van der Waals surface area contributed by atoms with E-state index in [1.54, 1.807) is 38.1 Å². The quantitative estimate of drug-likeness (QED) is 0.771. The van der Waals surface area contributed by atoms with Gasteiger partial charge in [0, 0.05) is 5.56 Å². The Morgan fingerprint density at radius 3 is 1.65 bits per heavy atom. The zero-order chi connectivity index (χ0) is 16.1. The Kier molecular flexibility index (Phi) is 5.71. The van der Waals surface area contributed by atoms with Crippen LogP contribution in [0.15, 0.2) is 24.3 Å². The molecule has 0 saturated heterocycles. The Bertz CT molecular complexity index is 475. The van der Waals surface area contributed by atoms with E-state index in [-0.39, 0.29) is 0 Å². The summed E-state index contributed by atoms with van der Waals surface area (Å²) in [6.07, 6.45) is -5.08. The minimum absolute atomic E-state index is 0.452. The van der Waals surface area contributed by atoms with E-state index in [1.165, 1.54) is 0 Å². The predicted molar refractivity (Wildman–Crippen MR) is 63.9 cm³/mol. The third-order valence-corrected chi connectivity index (χ3v) is 2.12. The maximum atomic E-state index is 10.7. The van der Waals surface area contributed by atoms with Crippen molar-refractivity contribution in [2.45, 2.75) is 25.6 Å². The van der Waals surface area contributed by atoms with Crippen molar-refractivity contribution in [2.75, 3.05) is 0 Å². The van der Waals surface area contributed by atoms with Gasteiger partial charge in [0.25, 0.3) is 0 Å². The molecule has 0 bridgehead atoms. The first-order chi connectivity index (χ1) is 8.85. The fourth-order valence-electron chi connectivity index (χ4n) is 1.04. The molecule has 0 atom stereocenters. The molecule has 0 heterocycles. The molecule has 0 aromatic heterocycles. The van der Waals surface area contributed by atoms with E-state index >= 15 is 0 Å². The van der Waals surface area contributed by atoms with Crippen LogP contribution in [0.25, 0.3) is 0 Å². The zero-order valence-corrected chi connectivity index (χ0v) is 10.7. The number of nitrogens with two attached hydrogens (primary N) is 1. The molecule has 0 unspecified atom stereocenters. The van der Waals surface area contributed by atoms with E-state index in [9.17, 15) is 23.1 Å². The number of rotatable bonds is 2. The minimum Gasteiger partial charge on any atom is -0.475 e. The number of hydrogen-bond acceptors (Lipinski definition) is 3. The number of benzene rings is 1. The van der Waals surface area contributed by atoms with Crippen LogP contribution in [0.2, 0.25) is 0 Å². The highest BCUT2D eigenvalue weighted by molar-refractivity contribution is 5.92. The second-order valence-electron chi connectivity index (χ2n) is 4.30. The third kappa shape index (κ3) is 6.19. The molecule has 8 heteroatoms. The van der Waals surface area contributed by atoms with Crippen LogP contribution in [0.4, 0.5) is 13.2 Å². The third-order valence-electron chi connectivity index (χ3n) is 2.12. The van der Waals surface area contributed by atoms with Crippen molar-refractivity contribution in [3.05, 3.63) is 35.4 Å². The smallest absolute Gasteiger partial charge is 0.475 e. The SMILES string of the molecule is CC(C)(O)c1ccc(C(N)=O)cc1.O=C(O)C(F)(F)F. The highest BCUT2D eigenvalue weighted by Crippen LogP contribution is 2.19. The van der Waals surface area contributed by atoms with Gasteiger partial charge in [-0.2, -0.15) is 13.2 Å². The Morgan fingerprint density at radius 1 is 1.10 bits per heavy atom. The van der Waals surface area contributed by atoms with Gasteiger partial charge in [0.2, 0.25) is 5.91 Å². The van der Waals surface area contributed by atoms with Gasteiger partial charge in [-0.1, -0.05) is 12.1 Å². The summed E-state index contributed by atoms with van der Waals surface area (Å²) in [5, 5.41) is 16.7. The highest BCUT2D eigenvalue weighted by atomic mass is 19.4. The second kappa shape index (κ2) is 6.38. The fraction of sp³-hybridized carbons (Fsp3) is 0.333. The van der Waals surface area contributed by atoms with Crippen LogP contribution in [0, 0.1) is 0 Å². The van der Waals surface area contributed by atoms with Crippen LogP contribution in [0.3, 0.4) is 0 Å². The van der Waals surface area contributed by atoms with Crippen LogP contribution in [-0.4, -0.2) is 28.3 Å². The van der Waals surface area contributed by atoms with Gasteiger partial charge < -0.3 is 15.9 Å². The normalized spacial score (nSPS) is 11.3. The van der Waals surface area contributed by atoms with Crippen LogP contribution < -0.4 is 5.73 Å². The van der Waals surface area contributed by atoms with Gasteiger partial charge in [-0.15, -0.1) is 0 Å². The first kappa shape index (κ1) is 17.9. The van der Waals surface area contributed by atoms with E-state index in [2.05, 4.69) is 0 Å². The van der Waals surface area contributed by atoms with Crippen LogP contribution in [0.5, 0.6) is 0 Å². The van der Waals surface area contributed by atoms with Crippen LogP contribution in [0.1, 0.15) is 29.8 Å². The van der Waals surface area contributed by atoms with Crippen LogP contribution in [-0.2, 0) is 10.4 Å². The van der Waals surface area contributed by atoms with E-state index in [1.807, 2.05) is 0 Å². The van der Waals surface area contributed by atoms with E-state index in [0.29, 0.717) is 5.56 Å². The lowest BCUT2D eigenvalue weighted by molar-refractivity contribution is -0.192. The van der Waals surface area contributed by atoms with Crippen LogP contribution >= 0.6 is 0 Å². The lowest BCUT2D eigenvalue weighted by Gasteiger charge is -2.17. The molecule has 20 heavy (non-hydrogen) atoms. The summed E-state index contributed by atoms with van der Waals surface area (Å²) < 4.78 is 31.7. The molecule has 1 rings (SSSR count). The van der Waals surface area contributed by atoms with Crippen molar-refractivity contribution in [1.29, 1.82) is 0 Å². The number of carboxylic acid groups (broad SMARTS) is 1. The molecule has 0 aliphatic rings. The number of hydrogen-bond donors (Lipinski definition) is 3. The molecule has 5 nitrogen and oxygen atoms in total. The molecule has 0 aliphatic carbocycles. The Labute approximate surface area is 112 Å². The standard InChI is InChI=1S/C10H13NO2.C2HF3O2/c1-10(2,13)8-5-3-7(4-6-8)9(11)12;3-2(4,5)1(6)7/h3-6,13H,1-2H3,(H2,11,12);(H,6,7). The van der Waals surface area contributed by atoms with Crippen molar-refractivity contribution < 1.29 is 33.0 Å². The Morgan fingerprint density at radius 2 is 1.45 bits per heavy atom. The molecule has 112 valence electrons. The summed E-state index contributed by atoms with van der Waals surface area (Å²) in [5.41, 5.74) is 5.41. The number of carbonyl (C=O) groups excluding carboxylic acids is 1. The summed E-state index contributed by atoms with van der Waals surface area (Å²) in [4.78, 5) is 19.6. The summed E-state index contributed by atoms with van der Waals surface area (Å²) in [5.74, 6) is -3.21. The van der Waals surface area contributed by atoms with Crippen molar-refractivity contribution in [3.8, 4) is 0 Å². The van der Waals surface area contributed by atoms with Gasteiger partial charge in [0.1, 0.15) is 0 Å². The molecule has 1 amide bonds. The van der Waals surface area contributed by atoms with E-state index in [0.717, 1.165) is 5.56 Å². The van der Waals surface area contributed by atoms with E-state index < -0.39 is 23.7 Å². The van der Waals surface area contributed by atoms with E-state index in [4.69, 9.17) is 15.6 Å². The summed E-state index contributed by atoms with van der Waals surface area (Å²) in [6, 6.07) is 6.60. The van der Waals surface area contributed by atoms with Gasteiger partial charge in [0.05, 0.1) is 5.60 Å². The molecule has 1 aromatic carbocycles. The number of aliphatic carboxylic acids is 1. The number of halogens is 3. The largest absolute Gasteiger partial charge is 0.490 e. The molecule has 0 spiro atoms. The maximum absolute atomic E-state index is 10.7. The Hall–Kier alpha value is -2.09. The minimum atomic E-state index is -5.08.